The van der Waals surface area contributed by atoms with E-state index in [2.05, 4.69) is 11.0 Å². The van der Waals surface area contributed by atoms with Gasteiger partial charge in [-0.15, -0.1) is 0 Å². The van der Waals surface area contributed by atoms with Gasteiger partial charge in [-0.25, -0.2) is 0 Å². The second-order valence-electron chi connectivity index (χ2n) is 4.73. The van der Waals surface area contributed by atoms with Gasteiger partial charge < -0.3 is 15.7 Å². The first-order chi connectivity index (χ1) is 8.74. The number of rotatable bonds is 6. The highest BCUT2D eigenvalue weighted by atomic mass is 16.2. The summed E-state index contributed by atoms with van der Waals surface area (Å²) in [6.07, 6.45) is 3.47. The lowest BCUT2D eigenvalue weighted by Crippen LogP contribution is -2.43. The molecular formula is C14H20N2O2. The Hall–Kier alpha value is -1.55. The van der Waals surface area contributed by atoms with Crippen LogP contribution in [0.15, 0.2) is 24.3 Å². The van der Waals surface area contributed by atoms with Gasteiger partial charge in [0.25, 0.3) is 0 Å². The molecule has 0 unspecified atom stereocenters. The lowest BCUT2D eigenvalue weighted by Gasteiger charge is -2.25. The normalized spacial score (nSPS) is 17.8. The van der Waals surface area contributed by atoms with E-state index in [1.54, 1.807) is 0 Å². The Morgan fingerprint density at radius 3 is 2.83 bits per heavy atom. The number of unbranched alkanes of at least 4 members (excludes halogenated alkanes) is 2. The number of benzene rings is 1. The van der Waals surface area contributed by atoms with Crippen LogP contribution in [0.3, 0.4) is 0 Å². The monoisotopic (exact) mass is 248 g/mol. The quantitative estimate of drug-likeness (QED) is 0.740. The molecule has 4 heteroatoms. The highest BCUT2D eigenvalue weighted by molar-refractivity contribution is 5.86. The summed E-state index contributed by atoms with van der Waals surface area (Å²) >= 11 is 0. The number of nitrogens with two attached hydrogens (primary N) is 1. The van der Waals surface area contributed by atoms with Crippen molar-refractivity contribution in [3.63, 3.8) is 0 Å². The molecule has 0 saturated heterocycles. The summed E-state index contributed by atoms with van der Waals surface area (Å²) in [5.74, 6) is -0.256. The smallest absolute Gasteiger partial charge is 0.240 e. The predicted octanol–water partition coefficient (Wildman–Crippen LogP) is 1.07. The molecule has 1 aromatic rings. The van der Waals surface area contributed by atoms with Gasteiger partial charge in [0, 0.05) is 25.3 Å². The molecule has 0 aliphatic carbocycles. The van der Waals surface area contributed by atoms with Gasteiger partial charge in [-0.1, -0.05) is 18.2 Å². The van der Waals surface area contributed by atoms with E-state index in [1.165, 1.54) is 5.56 Å². The van der Waals surface area contributed by atoms with Crippen molar-refractivity contribution in [3.8, 4) is 0 Å². The second kappa shape index (κ2) is 5.87. The van der Waals surface area contributed by atoms with Crippen molar-refractivity contribution in [2.75, 3.05) is 18.1 Å². The van der Waals surface area contributed by atoms with Gasteiger partial charge in [-0.05, 0) is 30.9 Å². The topological polar surface area (TPSA) is 66.6 Å². The summed E-state index contributed by atoms with van der Waals surface area (Å²) in [5, 5.41) is 8.77. The molecule has 3 N–H and O–H groups in total. The summed E-state index contributed by atoms with van der Waals surface area (Å²) in [6, 6.07) is 7.87. The Morgan fingerprint density at radius 1 is 1.33 bits per heavy atom. The number of nitrogens with zero attached hydrogens (tertiary/aromatic N) is 1. The number of primary amides is 1. The van der Waals surface area contributed by atoms with Crippen molar-refractivity contribution < 1.29 is 9.90 Å². The number of hydrogen-bond acceptors (Lipinski definition) is 3. The zero-order valence-electron chi connectivity index (χ0n) is 10.5. The number of aliphatic hydroxyl groups is 1. The first-order valence-electron chi connectivity index (χ1n) is 6.48. The fourth-order valence-electron chi connectivity index (χ4n) is 2.55. The number of aliphatic hydroxyl groups excluding tert-OH is 1. The van der Waals surface area contributed by atoms with E-state index in [4.69, 9.17) is 10.8 Å². The van der Waals surface area contributed by atoms with Gasteiger partial charge in [0.15, 0.2) is 0 Å². The molecule has 0 bridgehead atoms. The van der Waals surface area contributed by atoms with Gasteiger partial charge in [0.2, 0.25) is 5.91 Å². The van der Waals surface area contributed by atoms with Crippen LogP contribution in [-0.4, -0.2) is 30.2 Å². The number of carbonyl (C=O) groups is 1. The molecule has 1 aromatic carbocycles. The molecule has 0 fully saturated rings. The molecular weight excluding hydrogens is 228 g/mol. The molecule has 0 radical (unpaired) electrons. The van der Waals surface area contributed by atoms with Crippen molar-refractivity contribution in [2.45, 2.75) is 31.7 Å². The van der Waals surface area contributed by atoms with Crippen LogP contribution >= 0.6 is 0 Å². The molecule has 1 aliphatic heterocycles. The van der Waals surface area contributed by atoms with Crippen molar-refractivity contribution in [1.29, 1.82) is 0 Å². The highest BCUT2D eigenvalue weighted by Crippen LogP contribution is 2.32. The summed E-state index contributed by atoms with van der Waals surface area (Å²) in [4.78, 5) is 13.6. The van der Waals surface area contributed by atoms with E-state index in [0.29, 0.717) is 6.42 Å². The van der Waals surface area contributed by atoms with Crippen molar-refractivity contribution >= 4 is 11.6 Å². The molecule has 2 rings (SSSR count). The van der Waals surface area contributed by atoms with E-state index in [9.17, 15) is 4.79 Å². The molecule has 18 heavy (non-hydrogen) atoms. The number of carbonyl (C=O) groups excluding carboxylic acids is 1. The van der Waals surface area contributed by atoms with Crippen LogP contribution in [0.25, 0.3) is 0 Å². The maximum Gasteiger partial charge on any atom is 0.240 e. The fraction of sp³-hybridized carbons (Fsp3) is 0.500. The molecule has 1 aliphatic rings. The van der Waals surface area contributed by atoms with Crippen LogP contribution in [0.2, 0.25) is 0 Å². The highest BCUT2D eigenvalue weighted by Gasteiger charge is 2.32. The van der Waals surface area contributed by atoms with Crippen LogP contribution in [0.1, 0.15) is 24.8 Å². The Morgan fingerprint density at radius 2 is 2.11 bits per heavy atom. The Bertz CT molecular complexity index is 420. The van der Waals surface area contributed by atoms with Crippen LogP contribution in [0, 0.1) is 0 Å². The lowest BCUT2D eigenvalue weighted by atomic mass is 10.1. The lowest BCUT2D eigenvalue weighted by molar-refractivity contribution is -0.119. The zero-order valence-corrected chi connectivity index (χ0v) is 10.5. The van der Waals surface area contributed by atoms with E-state index in [0.717, 1.165) is 31.5 Å². The van der Waals surface area contributed by atoms with Crippen molar-refractivity contribution in [1.82, 2.24) is 0 Å². The van der Waals surface area contributed by atoms with Crippen molar-refractivity contribution in [2.24, 2.45) is 5.73 Å². The molecule has 1 amide bonds. The maximum atomic E-state index is 11.5. The first-order valence-corrected chi connectivity index (χ1v) is 6.48. The minimum absolute atomic E-state index is 0.212. The molecule has 0 spiro atoms. The van der Waals surface area contributed by atoms with Crippen molar-refractivity contribution in [3.05, 3.63) is 29.8 Å². The Balaban J connectivity index is 2.06. The number of hydrogen-bond donors (Lipinski definition) is 2. The average molecular weight is 248 g/mol. The van der Waals surface area contributed by atoms with Gasteiger partial charge in [0.1, 0.15) is 6.04 Å². The molecule has 0 saturated carbocycles. The summed E-state index contributed by atoms with van der Waals surface area (Å²) in [7, 11) is 0. The SMILES string of the molecule is NC(=O)[C@@H]1Cc2ccccc2N1CCCCCO. The van der Waals surface area contributed by atoms with E-state index >= 15 is 0 Å². The van der Waals surface area contributed by atoms with Crippen LogP contribution < -0.4 is 10.6 Å². The number of amides is 1. The predicted molar refractivity (Wildman–Crippen MR) is 71.4 cm³/mol. The van der Waals surface area contributed by atoms with E-state index in [-0.39, 0.29) is 18.6 Å². The Kier molecular flexibility index (Phi) is 4.20. The third-order valence-electron chi connectivity index (χ3n) is 3.48. The van der Waals surface area contributed by atoms with Crippen LogP contribution in [0.5, 0.6) is 0 Å². The van der Waals surface area contributed by atoms with Gasteiger partial charge in [0.05, 0.1) is 0 Å². The minimum Gasteiger partial charge on any atom is -0.396 e. The van der Waals surface area contributed by atoms with E-state index in [1.807, 2.05) is 18.2 Å². The minimum atomic E-state index is -0.256. The Labute approximate surface area is 107 Å². The largest absolute Gasteiger partial charge is 0.396 e. The van der Waals surface area contributed by atoms with Gasteiger partial charge in [-0.2, -0.15) is 0 Å². The summed E-state index contributed by atoms with van der Waals surface area (Å²) < 4.78 is 0. The number of para-hydroxylation sites is 1. The molecule has 98 valence electrons. The second-order valence-corrected chi connectivity index (χ2v) is 4.73. The summed E-state index contributed by atoms with van der Waals surface area (Å²) in [6.45, 7) is 1.06. The third kappa shape index (κ3) is 2.64. The van der Waals surface area contributed by atoms with E-state index < -0.39 is 0 Å². The third-order valence-corrected chi connectivity index (χ3v) is 3.48. The summed E-state index contributed by atoms with van der Waals surface area (Å²) in [5.41, 5.74) is 7.80. The average Bonchev–Trinajstić information content (AvgIpc) is 2.74. The fourth-order valence-corrected chi connectivity index (χ4v) is 2.55. The number of fused-ring (bicyclic) bond motifs is 1. The molecule has 1 heterocycles. The standard InChI is InChI=1S/C14H20N2O2/c15-14(18)13-10-11-6-2-3-7-12(11)16(13)8-4-1-5-9-17/h2-3,6-7,13,17H,1,4-5,8-10H2,(H2,15,18)/t13-/m0/s1. The molecule has 0 aromatic heterocycles. The van der Waals surface area contributed by atoms with Gasteiger partial charge in [-0.3, -0.25) is 4.79 Å². The van der Waals surface area contributed by atoms with Crippen LogP contribution in [-0.2, 0) is 11.2 Å². The first kappa shape index (κ1) is 12.9. The number of anilines is 1. The molecule has 1 atom stereocenters. The van der Waals surface area contributed by atoms with Gasteiger partial charge >= 0.3 is 0 Å². The zero-order chi connectivity index (χ0) is 13.0. The maximum absolute atomic E-state index is 11.5. The van der Waals surface area contributed by atoms with Crippen LogP contribution in [0.4, 0.5) is 5.69 Å². The molecule has 4 nitrogen and oxygen atoms in total.